The molecule has 34 heavy (non-hydrogen) atoms. The number of nitrogens with one attached hydrogen (secondary N) is 1. The summed E-state index contributed by atoms with van der Waals surface area (Å²) < 4.78 is 20.1. The maximum atomic E-state index is 14.5. The van der Waals surface area contributed by atoms with E-state index in [2.05, 4.69) is 14.9 Å². The number of nitrogens with zero attached hydrogens (tertiary/aromatic N) is 4. The average molecular weight is 499 g/mol. The molecule has 8 nitrogen and oxygen atoms in total. The summed E-state index contributed by atoms with van der Waals surface area (Å²) in [5, 5.41) is 2.47. The zero-order chi connectivity index (χ0) is 23.6. The predicted molar refractivity (Wildman–Crippen MR) is 130 cm³/mol. The van der Waals surface area contributed by atoms with Crippen molar-refractivity contribution in [1.82, 2.24) is 19.9 Å². The third-order valence-electron chi connectivity index (χ3n) is 6.85. The van der Waals surface area contributed by atoms with E-state index in [1.165, 1.54) is 30.2 Å². The summed E-state index contributed by atoms with van der Waals surface area (Å²) >= 11 is 2.59. The standard InChI is InChI=1S/C23H23FN6O2S2/c1-3-10-4-12(24)6-14-17-19(27-18(10)14)28-23(34-16-8-26-21(33-16)22(31)32-2)29-20(17)30-9-11-5-13(30)7-15(11)25/h4,6,8,11,13,15H,3,5,7,9,25H2,1-2H3,(H,27,28,29)/t11-,13-,15-/m1/s1. The minimum atomic E-state index is -0.469. The zero-order valence-corrected chi connectivity index (χ0v) is 20.3. The minimum absolute atomic E-state index is 0.216. The van der Waals surface area contributed by atoms with Gasteiger partial charge in [-0.25, -0.2) is 24.1 Å². The van der Waals surface area contributed by atoms with Gasteiger partial charge in [-0.15, -0.1) is 11.3 Å². The Morgan fingerprint density at radius 3 is 2.94 bits per heavy atom. The van der Waals surface area contributed by atoms with Crippen molar-refractivity contribution in [2.24, 2.45) is 11.7 Å². The number of piperidine rings is 1. The van der Waals surface area contributed by atoms with Gasteiger partial charge in [-0.3, -0.25) is 0 Å². The van der Waals surface area contributed by atoms with Gasteiger partial charge in [-0.2, -0.15) is 0 Å². The Balaban J connectivity index is 1.50. The monoisotopic (exact) mass is 498 g/mol. The third kappa shape index (κ3) is 3.45. The van der Waals surface area contributed by atoms with E-state index in [0.717, 1.165) is 51.3 Å². The molecule has 4 heterocycles. The maximum absolute atomic E-state index is 14.5. The Labute approximate surface area is 203 Å². The van der Waals surface area contributed by atoms with Crippen molar-refractivity contribution >= 4 is 56.8 Å². The smallest absolute Gasteiger partial charge is 0.367 e. The van der Waals surface area contributed by atoms with Crippen molar-refractivity contribution in [3.05, 3.63) is 34.7 Å². The lowest BCUT2D eigenvalue weighted by Gasteiger charge is -2.31. The lowest BCUT2D eigenvalue weighted by Crippen LogP contribution is -2.41. The Morgan fingerprint density at radius 1 is 1.38 bits per heavy atom. The molecule has 2 aliphatic rings. The molecule has 1 aliphatic heterocycles. The molecule has 2 bridgehead atoms. The number of fused-ring (bicyclic) bond motifs is 5. The van der Waals surface area contributed by atoms with E-state index in [1.54, 1.807) is 18.3 Å². The van der Waals surface area contributed by atoms with E-state index in [-0.39, 0.29) is 16.9 Å². The SMILES string of the molecule is CCc1cc(F)cc2c1[nH]c1nc(Sc3cnc(C(=O)OC)s3)nc(N3C[C@H]4C[C@@H]3C[C@H]4N)c12. The fraction of sp³-hybridized carbons (Fsp3) is 0.391. The van der Waals surface area contributed by atoms with Crippen molar-refractivity contribution in [3.8, 4) is 0 Å². The maximum Gasteiger partial charge on any atom is 0.367 e. The van der Waals surface area contributed by atoms with Crippen LogP contribution in [0.25, 0.3) is 21.9 Å². The molecular weight excluding hydrogens is 475 g/mol. The number of H-pyrrole nitrogens is 1. The number of thiazole rings is 1. The Kier molecular flexibility index (Phi) is 5.23. The average Bonchev–Trinajstić information content (AvgIpc) is 3.60. The molecule has 4 aromatic rings. The number of anilines is 1. The summed E-state index contributed by atoms with van der Waals surface area (Å²) in [7, 11) is 1.33. The van der Waals surface area contributed by atoms with Crippen molar-refractivity contribution in [3.63, 3.8) is 0 Å². The number of aromatic nitrogens is 4. The van der Waals surface area contributed by atoms with Crippen LogP contribution in [0, 0.1) is 11.7 Å². The summed E-state index contributed by atoms with van der Waals surface area (Å²) in [4.78, 5) is 31.4. The quantitative estimate of drug-likeness (QED) is 0.312. The second-order valence-corrected chi connectivity index (χ2v) is 11.1. The molecule has 3 N–H and O–H groups in total. The fourth-order valence-electron chi connectivity index (χ4n) is 5.26. The van der Waals surface area contributed by atoms with Crippen molar-refractivity contribution in [2.45, 2.75) is 47.6 Å². The highest BCUT2D eigenvalue weighted by atomic mass is 32.2. The number of benzene rings is 1. The molecule has 0 radical (unpaired) electrons. The Hall–Kier alpha value is -2.76. The van der Waals surface area contributed by atoms with Crippen molar-refractivity contribution in [1.29, 1.82) is 0 Å². The van der Waals surface area contributed by atoms with Crippen LogP contribution < -0.4 is 10.6 Å². The summed E-state index contributed by atoms with van der Waals surface area (Å²) in [6.07, 6.45) is 4.30. The number of halogens is 1. The van der Waals surface area contributed by atoms with Gasteiger partial charge in [0.25, 0.3) is 0 Å². The summed E-state index contributed by atoms with van der Waals surface area (Å²) in [6, 6.07) is 3.67. The number of aromatic amines is 1. The molecule has 176 valence electrons. The summed E-state index contributed by atoms with van der Waals surface area (Å²) in [5.74, 6) is 0.509. The van der Waals surface area contributed by atoms with Crippen molar-refractivity contribution < 1.29 is 13.9 Å². The molecule has 1 saturated heterocycles. The number of hydrogen-bond donors (Lipinski definition) is 2. The van der Waals surface area contributed by atoms with Gasteiger partial charge in [0.2, 0.25) is 5.01 Å². The van der Waals surface area contributed by atoms with Crippen LogP contribution in [0.15, 0.2) is 27.7 Å². The van der Waals surface area contributed by atoms with Crippen LogP contribution in [0.5, 0.6) is 0 Å². The molecule has 1 aromatic carbocycles. The molecule has 1 saturated carbocycles. The van der Waals surface area contributed by atoms with Crippen molar-refractivity contribution in [2.75, 3.05) is 18.6 Å². The number of carbonyl (C=O) groups excluding carboxylic acids is 1. The molecule has 2 fully saturated rings. The largest absolute Gasteiger partial charge is 0.464 e. The highest BCUT2D eigenvalue weighted by molar-refractivity contribution is 8.01. The zero-order valence-electron chi connectivity index (χ0n) is 18.7. The van der Waals surface area contributed by atoms with Gasteiger partial charge < -0.3 is 20.4 Å². The van der Waals surface area contributed by atoms with E-state index >= 15 is 0 Å². The number of rotatable bonds is 5. The minimum Gasteiger partial charge on any atom is -0.464 e. The predicted octanol–water partition coefficient (Wildman–Crippen LogP) is 4.13. The first-order chi connectivity index (χ1) is 16.4. The first-order valence-electron chi connectivity index (χ1n) is 11.2. The lowest BCUT2D eigenvalue weighted by atomic mass is 10.0. The number of ether oxygens (including phenoxy) is 1. The molecule has 3 atom stereocenters. The van der Waals surface area contributed by atoms with Crippen LogP contribution in [0.3, 0.4) is 0 Å². The van der Waals surface area contributed by atoms with Crippen LogP contribution in [-0.2, 0) is 11.2 Å². The first-order valence-corrected chi connectivity index (χ1v) is 12.8. The molecule has 6 rings (SSSR count). The number of carbonyl (C=O) groups is 1. The lowest BCUT2D eigenvalue weighted by molar-refractivity contribution is 0.0600. The van der Waals surface area contributed by atoms with Gasteiger partial charge in [-0.05, 0) is 54.6 Å². The highest BCUT2D eigenvalue weighted by Crippen LogP contribution is 2.44. The Bertz CT molecular complexity index is 1430. The van der Waals surface area contributed by atoms with Crippen LogP contribution in [0.1, 0.15) is 35.1 Å². The number of methoxy groups -OCH3 is 1. The van der Waals surface area contributed by atoms with E-state index in [4.69, 9.17) is 20.4 Å². The fourth-order valence-corrected chi connectivity index (χ4v) is 7.01. The molecule has 11 heteroatoms. The van der Waals surface area contributed by atoms with Gasteiger partial charge >= 0.3 is 5.97 Å². The molecule has 0 spiro atoms. The van der Waals surface area contributed by atoms with Gasteiger partial charge in [0, 0.05) is 24.0 Å². The van der Waals surface area contributed by atoms with Crippen LogP contribution in [0.4, 0.5) is 10.2 Å². The van der Waals surface area contributed by atoms with Crippen LogP contribution >= 0.6 is 23.1 Å². The van der Waals surface area contributed by atoms with Crippen LogP contribution in [0.2, 0.25) is 0 Å². The second-order valence-electron chi connectivity index (χ2n) is 8.80. The van der Waals surface area contributed by atoms with Gasteiger partial charge in [0.05, 0.1) is 28.4 Å². The van der Waals surface area contributed by atoms with E-state index < -0.39 is 5.97 Å². The van der Waals surface area contributed by atoms with E-state index in [9.17, 15) is 9.18 Å². The summed E-state index contributed by atoms with van der Waals surface area (Å²) in [6.45, 7) is 2.84. The third-order valence-corrected chi connectivity index (χ3v) is 8.80. The number of hydrogen-bond acceptors (Lipinski definition) is 9. The molecule has 1 aliphatic carbocycles. The van der Waals surface area contributed by atoms with Gasteiger partial charge in [0.15, 0.2) is 5.16 Å². The molecular formula is C23H23FN6O2S2. The van der Waals surface area contributed by atoms with E-state index in [0.29, 0.717) is 29.2 Å². The molecule has 3 aromatic heterocycles. The normalized spacial score (nSPS) is 21.8. The molecule has 0 unspecified atom stereocenters. The topological polar surface area (TPSA) is 110 Å². The second kappa shape index (κ2) is 8.17. The highest BCUT2D eigenvalue weighted by Gasteiger charge is 2.44. The van der Waals surface area contributed by atoms with Gasteiger partial charge in [0.1, 0.15) is 17.3 Å². The Morgan fingerprint density at radius 2 is 2.24 bits per heavy atom. The first kappa shape index (κ1) is 21.8. The van der Waals surface area contributed by atoms with E-state index in [1.807, 2.05) is 6.92 Å². The number of nitrogens with two attached hydrogens (primary N) is 1. The summed E-state index contributed by atoms with van der Waals surface area (Å²) in [5.41, 5.74) is 8.78. The van der Waals surface area contributed by atoms with Crippen LogP contribution in [-0.4, -0.2) is 51.6 Å². The number of aryl methyl sites for hydroxylation is 1. The molecule has 0 amide bonds. The number of esters is 1. The van der Waals surface area contributed by atoms with Gasteiger partial charge in [-0.1, -0.05) is 6.92 Å².